The number of anilines is 1. The number of nitrogens with zero attached hydrogens (tertiary/aromatic N) is 3. The van der Waals surface area contributed by atoms with Gasteiger partial charge in [0.25, 0.3) is 11.8 Å². The average Bonchev–Trinajstić information content (AvgIpc) is 3.10. The molecule has 0 aliphatic carbocycles. The maximum Gasteiger partial charge on any atom is 0.291 e. The minimum Gasteiger partial charge on any atom is -0.337 e. The summed E-state index contributed by atoms with van der Waals surface area (Å²) in [6, 6.07) is 7.69. The van der Waals surface area contributed by atoms with E-state index in [1.54, 1.807) is 0 Å². The highest BCUT2D eigenvalue weighted by molar-refractivity contribution is 6.04. The average molecular weight is 380 g/mol. The molecule has 0 atom stereocenters. The van der Waals surface area contributed by atoms with Crippen LogP contribution in [-0.4, -0.2) is 39.4 Å². The molecule has 28 heavy (non-hydrogen) atoms. The zero-order valence-corrected chi connectivity index (χ0v) is 16.7. The first-order valence-corrected chi connectivity index (χ1v) is 10.3. The van der Waals surface area contributed by atoms with Gasteiger partial charge in [0, 0.05) is 25.3 Å². The minimum absolute atomic E-state index is 0.0208. The highest BCUT2D eigenvalue weighted by Gasteiger charge is 2.31. The van der Waals surface area contributed by atoms with Crippen LogP contribution in [0.25, 0.3) is 0 Å². The third kappa shape index (κ3) is 3.55. The molecule has 0 spiro atoms. The fourth-order valence-electron chi connectivity index (χ4n) is 4.14. The molecule has 4 rings (SSSR count). The van der Waals surface area contributed by atoms with Gasteiger partial charge in [0.05, 0.1) is 5.69 Å². The molecular formula is C22H28N4O2. The largest absolute Gasteiger partial charge is 0.337 e. The van der Waals surface area contributed by atoms with Gasteiger partial charge in [-0.05, 0) is 56.6 Å². The molecule has 2 amide bonds. The Morgan fingerprint density at radius 2 is 1.86 bits per heavy atom. The predicted molar refractivity (Wildman–Crippen MR) is 109 cm³/mol. The summed E-state index contributed by atoms with van der Waals surface area (Å²) in [5.41, 5.74) is 3.17. The molecule has 2 aliphatic heterocycles. The van der Waals surface area contributed by atoms with E-state index in [0.717, 1.165) is 68.7 Å². The van der Waals surface area contributed by atoms with E-state index in [-0.39, 0.29) is 11.8 Å². The van der Waals surface area contributed by atoms with E-state index in [4.69, 9.17) is 0 Å². The van der Waals surface area contributed by atoms with Crippen molar-refractivity contribution in [3.05, 3.63) is 47.0 Å². The number of carbonyl (C=O) groups excluding carboxylic acids is 2. The van der Waals surface area contributed by atoms with Gasteiger partial charge >= 0.3 is 0 Å². The number of aromatic nitrogens is 2. The van der Waals surface area contributed by atoms with Crippen LogP contribution < -0.4 is 5.32 Å². The number of benzene rings is 1. The summed E-state index contributed by atoms with van der Waals surface area (Å²) >= 11 is 0. The lowest BCUT2D eigenvalue weighted by atomic mass is 9.98. The highest BCUT2D eigenvalue weighted by atomic mass is 16.2. The lowest BCUT2D eigenvalue weighted by Crippen LogP contribution is -2.38. The molecule has 0 saturated carbocycles. The third-order valence-corrected chi connectivity index (χ3v) is 5.99. The summed E-state index contributed by atoms with van der Waals surface area (Å²) in [6.07, 6.45) is 4.89. The maximum absolute atomic E-state index is 13.1. The number of nitrogens with one attached hydrogen (secondary N) is 1. The van der Waals surface area contributed by atoms with Crippen molar-refractivity contribution in [2.45, 2.75) is 52.5 Å². The zero-order chi connectivity index (χ0) is 19.7. The van der Waals surface area contributed by atoms with E-state index in [9.17, 15) is 9.59 Å². The molecule has 0 bridgehead atoms. The highest BCUT2D eigenvalue weighted by Crippen LogP contribution is 2.25. The van der Waals surface area contributed by atoms with Crippen molar-refractivity contribution < 1.29 is 9.59 Å². The van der Waals surface area contributed by atoms with Crippen LogP contribution >= 0.6 is 0 Å². The topological polar surface area (TPSA) is 67.2 Å². The van der Waals surface area contributed by atoms with Crippen molar-refractivity contribution in [2.75, 3.05) is 18.4 Å². The molecule has 3 heterocycles. The summed E-state index contributed by atoms with van der Waals surface area (Å²) in [6.45, 7) is 6.48. The molecule has 1 fully saturated rings. The number of hydrogen-bond acceptors (Lipinski definition) is 3. The van der Waals surface area contributed by atoms with Crippen LogP contribution in [0.3, 0.4) is 0 Å². The predicted octanol–water partition coefficient (Wildman–Crippen LogP) is 3.65. The van der Waals surface area contributed by atoms with Gasteiger partial charge in [0.2, 0.25) is 0 Å². The van der Waals surface area contributed by atoms with Crippen LogP contribution in [0.2, 0.25) is 0 Å². The smallest absolute Gasteiger partial charge is 0.291 e. The van der Waals surface area contributed by atoms with Crippen LogP contribution in [0.4, 0.5) is 5.69 Å². The lowest BCUT2D eigenvalue weighted by molar-refractivity contribution is 0.0690. The molecule has 1 aromatic carbocycles. The molecule has 6 nitrogen and oxygen atoms in total. The normalized spacial score (nSPS) is 17.3. The number of aryl methyl sites for hydroxylation is 1. The van der Waals surface area contributed by atoms with E-state index in [1.807, 2.05) is 40.7 Å². The molecule has 1 N–H and O–H groups in total. The number of carbonyl (C=O) groups is 2. The molecule has 2 aromatic rings. The first kappa shape index (κ1) is 18.7. The summed E-state index contributed by atoms with van der Waals surface area (Å²) in [7, 11) is 0. The quantitative estimate of drug-likeness (QED) is 0.884. The zero-order valence-electron chi connectivity index (χ0n) is 16.7. The van der Waals surface area contributed by atoms with Gasteiger partial charge in [0.1, 0.15) is 5.69 Å². The number of para-hydroxylation sites is 1. The maximum atomic E-state index is 13.1. The fourth-order valence-corrected chi connectivity index (χ4v) is 4.14. The van der Waals surface area contributed by atoms with Crippen LogP contribution in [0.5, 0.6) is 0 Å². The summed E-state index contributed by atoms with van der Waals surface area (Å²) < 4.78 is 1.96. The molecule has 2 aliphatic rings. The Balaban J connectivity index is 1.62. The molecule has 0 radical (unpaired) electrons. The van der Waals surface area contributed by atoms with Crippen molar-refractivity contribution in [3.63, 3.8) is 0 Å². The summed E-state index contributed by atoms with van der Waals surface area (Å²) in [5.74, 6) is 0.748. The fraction of sp³-hybridized carbons (Fsp3) is 0.500. The van der Waals surface area contributed by atoms with Gasteiger partial charge in [0.15, 0.2) is 5.82 Å². The molecular weight excluding hydrogens is 352 g/mol. The van der Waals surface area contributed by atoms with E-state index >= 15 is 0 Å². The minimum atomic E-state index is -0.247. The second kappa shape index (κ2) is 7.78. The number of amides is 2. The monoisotopic (exact) mass is 380 g/mol. The number of imidazole rings is 1. The summed E-state index contributed by atoms with van der Waals surface area (Å²) in [5, 5.41) is 2.97. The van der Waals surface area contributed by atoms with E-state index in [2.05, 4.69) is 17.2 Å². The Labute approximate surface area is 165 Å². The molecule has 1 aromatic heterocycles. The van der Waals surface area contributed by atoms with Gasteiger partial charge in [-0.3, -0.25) is 9.59 Å². The van der Waals surface area contributed by atoms with Crippen LogP contribution in [-0.2, 0) is 13.0 Å². The number of likely N-dealkylation sites (tertiary alicyclic amines) is 1. The number of fused-ring (bicyclic) bond motifs is 1. The van der Waals surface area contributed by atoms with E-state index in [1.165, 1.54) is 0 Å². The molecule has 0 unspecified atom stereocenters. The number of hydrogen-bond donors (Lipinski definition) is 1. The lowest BCUT2D eigenvalue weighted by Gasteiger charge is -2.30. The van der Waals surface area contributed by atoms with Gasteiger partial charge in [-0.1, -0.05) is 25.1 Å². The third-order valence-electron chi connectivity index (χ3n) is 5.99. The molecule has 6 heteroatoms. The van der Waals surface area contributed by atoms with Crippen LogP contribution in [0, 0.1) is 12.8 Å². The van der Waals surface area contributed by atoms with E-state index in [0.29, 0.717) is 17.4 Å². The number of rotatable bonds is 3. The van der Waals surface area contributed by atoms with Crippen molar-refractivity contribution >= 4 is 17.5 Å². The first-order valence-electron chi connectivity index (χ1n) is 10.3. The molecule has 148 valence electrons. The van der Waals surface area contributed by atoms with Gasteiger partial charge < -0.3 is 14.8 Å². The standard InChI is InChI=1S/C22H28N4O2/c1-15-10-13-25(14-11-15)22(28)19-18-9-5-6-12-26(18)20(24-19)21(27)23-17-8-4-3-7-16(17)2/h3-4,7-8,15H,5-6,9-14H2,1-2H3,(H,23,27). The van der Waals surface area contributed by atoms with Gasteiger partial charge in [-0.15, -0.1) is 0 Å². The van der Waals surface area contributed by atoms with Crippen molar-refractivity contribution in [1.29, 1.82) is 0 Å². The Kier molecular flexibility index (Phi) is 5.20. The van der Waals surface area contributed by atoms with Crippen LogP contribution in [0.15, 0.2) is 24.3 Å². The summed E-state index contributed by atoms with van der Waals surface area (Å²) in [4.78, 5) is 32.6. The SMILES string of the molecule is Cc1ccccc1NC(=O)c1nc(C(=O)N2CCC(C)CC2)c2n1CCCC2. The second-order valence-electron chi connectivity index (χ2n) is 8.08. The van der Waals surface area contributed by atoms with E-state index < -0.39 is 0 Å². The Morgan fingerprint density at radius 3 is 2.61 bits per heavy atom. The Morgan fingerprint density at radius 1 is 1.11 bits per heavy atom. The Hall–Kier alpha value is -2.63. The van der Waals surface area contributed by atoms with Crippen molar-refractivity contribution in [1.82, 2.24) is 14.5 Å². The number of piperidine rings is 1. The Bertz CT molecular complexity index is 894. The van der Waals surface area contributed by atoms with Gasteiger partial charge in [-0.2, -0.15) is 0 Å². The first-order chi connectivity index (χ1) is 13.5. The van der Waals surface area contributed by atoms with Crippen molar-refractivity contribution in [2.24, 2.45) is 5.92 Å². The van der Waals surface area contributed by atoms with Crippen LogP contribution in [0.1, 0.15) is 65.0 Å². The molecule has 1 saturated heterocycles. The second-order valence-corrected chi connectivity index (χ2v) is 8.08. The van der Waals surface area contributed by atoms with Crippen molar-refractivity contribution in [3.8, 4) is 0 Å². The van der Waals surface area contributed by atoms with Gasteiger partial charge in [-0.25, -0.2) is 4.98 Å².